The summed E-state index contributed by atoms with van der Waals surface area (Å²) in [7, 11) is 0. The molecule has 0 saturated heterocycles. The number of aromatic nitrogens is 1. The second-order valence-electron chi connectivity index (χ2n) is 15.5. The second-order valence-corrected chi connectivity index (χ2v) is 15.5. The molecule has 0 spiro atoms. The molecule has 2 heteroatoms. The number of fused-ring (bicyclic) bond motifs is 8. The molecule has 0 unspecified atom stereocenters. The SMILES string of the molecule is C=C/C=C\C=C1\C(=C)C=C(c2ccc3c(c2)c2ccc4c(c2n3-c2cccc3ccccc23)-c2ccccc2C4(C)C)C=CN1c1ccc(-c2ccccc2)cc1. The lowest BCUT2D eigenvalue weighted by molar-refractivity contribution is 0.661. The highest BCUT2D eigenvalue weighted by Crippen LogP contribution is 2.53. The van der Waals surface area contributed by atoms with Crippen LogP contribution in [0.3, 0.4) is 0 Å². The van der Waals surface area contributed by atoms with Crippen molar-refractivity contribution >= 4 is 43.8 Å². The van der Waals surface area contributed by atoms with Crippen LogP contribution >= 0.6 is 0 Å². The third-order valence-corrected chi connectivity index (χ3v) is 11.9. The highest BCUT2D eigenvalue weighted by atomic mass is 15.1. The number of rotatable bonds is 6. The van der Waals surface area contributed by atoms with E-state index in [9.17, 15) is 0 Å². The quantitative estimate of drug-likeness (QED) is 0.155. The first-order chi connectivity index (χ1) is 27.9. The first-order valence-corrected chi connectivity index (χ1v) is 19.7. The maximum atomic E-state index is 4.62. The molecular formula is C55H42N2. The zero-order valence-electron chi connectivity index (χ0n) is 32.3. The van der Waals surface area contributed by atoms with Crippen LogP contribution in [0.1, 0.15) is 30.5 Å². The highest BCUT2D eigenvalue weighted by Gasteiger charge is 2.37. The summed E-state index contributed by atoms with van der Waals surface area (Å²) in [6.45, 7) is 13.2. The van der Waals surface area contributed by atoms with Gasteiger partial charge in [0.25, 0.3) is 0 Å². The maximum Gasteiger partial charge on any atom is 0.0622 e. The van der Waals surface area contributed by atoms with Gasteiger partial charge in [-0.2, -0.15) is 0 Å². The lowest BCUT2D eigenvalue weighted by Crippen LogP contribution is -2.15. The third-order valence-electron chi connectivity index (χ3n) is 11.9. The molecule has 2 aliphatic rings. The summed E-state index contributed by atoms with van der Waals surface area (Å²) in [6, 6.07) is 55.3. The Morgan fingerprint density at radius 2 is 1.35 bits per heavy atom. The van der Waals surface area contributed by atoms with Crippen molar-refractivity contribution in [3.63, 3.8) is 0 Å². The Bertz CT molecular complexity index is 3050. The third kappa shape index (κ3) is 5.56. The van der Waals surface area contributed by atoms with E-state index in [1.807, 2.05) is 12.2 Å². The number of allylic oxidation sites excluding steroid dienone is 7. The van der Waals surface area contributed by atoms with Crippen molar-refractivity contribution in [1.82, 2.24) is 4.57 Å². The van der Waals surface area contributed by atoms with Gasteiger partial charge in [-0.05, 0) is 98.5 Å². The summed E-state index contributed by atoms with van der Waals surface area (Å²) in [5.74, 6) is 0. The standard InChI is InChI=1S/C55H42N2/c1-5-6-8-23-50-37(2)35-42(33-34-56(50)43-28-25-39(26-29-43)38-16-9-7-10-17-38)41-27-32-52-47(36-41)45-30-31-49-53(46-21-13-14-22-48(46)55(49,3)4)54(45)57(52)51-24-15-19-40-18-11-12-20-44(40)51/h5-36H,1-2H2,3-4H3/b8-6-,50-23-. The van der Waals surface area contributed by atoms with Crippen molar-refractivity contribution in [2.45, 2.75) is 19.3 Å². The van der Waals surface area contributed by atoms with Gasteiger partial charge in [0.05, 0.1) is 22.4 Å². The Morgan fingerprint density at radius 3 is 2.19 bits per heavy atom. The van der Waals surface area contributed by atoms with Crippen molar-refractivity contribution in [2.75, 3.05) is 4.90 Å². The molecular weight excluding hydrogens is 689 g/mol. The fourth-order valence-corrected chi connectivity index (χ4v) is 9.09. The van der Waals surface area contributed by atoms with E-state index in [2.05, 4.69) is 213 Å². The number of nitrogens with zero attached hydrogens (tertiary/aromatic N) is 2. The lowest BCUT2D eigenvalue weighted by atomic mass is 9.82. The maximum absolute atomic E-state index is 4.62. The minimum Gasteiger partial charge on any atom is -0.317 e. The largest absolute Gasteiger partial charge is 0.317 e. The predicted octanol–water partition coefficient (Wildman–Crippen LogP) is 14.5. The summed E-state index contributed by atoms with van der Waals surface area (Å²) >= 11 is 0. The van der Waals surface area contributed by atoms with Crippen LogP contribution in [0.25, 0.3) is 66.1 Å². The molecule has 0 amide bonds. The summed E-state index contributed by atoms with van der Waals surface area (Å²) in [6.07, 6.45) is 14.5. The van der Waals surface area contributed by atoms with Gasteiger partial charge in [0.2, 0.25) is 0 Å². The van der Waals surface area contributed by atoms with Crippen molar-refractivity contribution in [3.05, 3.63) is 235 Å². The monoisotopic (exact) mass is 730 g/mol. The molecule has 2 heterocycles. The molecule has 0 radical (unpaired) electrons. The molecule has 10 rings (SSSR count). The fourth-order valence-electron chi connectivity index (χ4n) is 9.09. The van der Waals surface area contributed by atoms with Crippen LogP contribution in [0, 0.1) is 0 Å². The zero-order chi connectivity index (χ0) is 38.7. The van der Waals surface area contributed by atoms with E-state index < -0.39 is 0 Å². The van der Waals surface area contributed by atoms with Gasteiger partial charge in [-0.15, -0.1) is 0 Å². The molecule has 1 aliphatic heterocycles. The highest BCUT2D eigenvalue weighted by molar-refractivity contribution is 6.17. The Labute approximate surface area is 334 Å². The molecule has 7 aromatic carbocycles. The average Bonchev–Trinajstić information content (AvgIpc) is 3.63. The molecule has 0 atom stereocenters. The molecule has 272 valence electrons. The molecule has 1 aromatic heterocycles. The number of benzene rings is 7. The first kappa shape index (κ1) is 34.3. The van der Waals surface area contributed by atoms with Crippen molar-refractivity contribution in [1.29, 1.82) is 0 Å². The van der Waals surface area contributed by atoms with Gasteiger partial charge in [-0.25, -0.2) is 0 Å². The Morgan fingerprint density at radius 1 is 0.614 bits per heavy atom. The Hall–Kier alpha value is -7.16. The molecule has 0 saturated carbocycles. The zero-order valence-corrected chi connectivity index (χ0v) is 32.3. The Balaban J connectivity index is 1.16. The van der Waals surface area contributed by atoms with Gasteiger partial charge < -0.3 is 9.47 Å². The van der Waals surface area contributed by atoms with E-state index in [0.29, 0.717) is 0 Å². The van der Waals surface area contributed by atoms with Crippen LogP contribution in [0.5, 0.6) is 0 Å². The molecule has 0 bridgehead atoms. The van der Waals surface area contributed by atoms with E-state index >= 15 is 0 Å². The van der Waals surface area contributed by atoms with Gasteiger partial charge in [0.1, 0.15) is 0 Å². The van der Waals surface area contributed by atoms with Crippen LogP contribution in [0.2, 0.25) is 0 Å². The molecule has 8 aromatic rings. The minimum atomic E-state index is -0.110. The van der Waals surface area contributed by atoms with Gasteiger partial charge in [-0.3, -0.25) is 0 Å². The molecule has 0 fully saturated rings. The van der Waals surface area contributed by atoms with E-state index in [-0.39, 0.29) is 5.41 Å². The van der Waals surface area contributed by atoms with Crippen LogP contribution in [-0.2, 0) is 5.41 Å². The Kier molecular flexibility index (Phi) is 8.16. The number of hydrogen-bond donors (Lipinski definition) is 0. The molecule has 2 nitrogen and oxygen atoms in total. The second kappa shape index (κ2) is 13.5. The summed E-state index contributed by atoms with van der Waals surface area (Å²) in [5, 5.41) is 4.94. The van der Waals surface area contributed by atoms with Crippen LogP contribution in [0.4, 0.5) is 5.69 Å². The van der Waals surface area contributed by atoms with Gasteiger partial charge >= 0.3 is 0 Å². The summed E-state index contributed by atoms with van der Waals surface area (Å²) in [5.41, 5.74) is 16.5. The van der Waals surface area contributed by atoms with Crippen LogP contribution < -0.4 is 4.90 Å². The number of hydrogen-bond acceptors (Lipinski definition) is 1. The van der Waals surface area contributed by atoms with Crippen molar-refractivity contribution in [3.8, 4) is 27.9 Å². The minimum absolute atomic E-state index is 0.110. The normalized spacial score (nSPS) is 15.4. The molecule has 57 heavy (non-hydrogen) atoms. The van der Waals surface area contributed by atoms with Gasteiger partial charge in [-0.1, -0.05) is 167 Å². The van der Waals surface area contributed by atoms with E-state index in [4.69, 9.17) is 0 Å². The first-order valence-electron chi connectivity index (χ1n) is 19.7. The van der Waals surface area contributed by atoms with Crippen molar-refractivity contribution in [2.24, 2.45) is 0 Å². The van der Waals surface area contributed by atoms with Gasteiger partial charge in [0.15, 0.2) is 0 Å². The van der Waals surface area contributed by atoms with E-state index in [1.54, 1.807) is 6.08 Å². The lowest BCUT2D eigenvalue weighted by Gasteiger charge is -2.23. The smallest absolute Gasteiger partial charge is 0.0622 e. The van der Waals surface area contributed by atoms with E-state index in [0.717, 1.165) is 28.1 Å². The van der Waals surface area contributed by atoms with E-state index in [1.165, 1.54) is 71.6 Å². The fraction of sp³-hybridized carbons (Fsp3) is 0.0545. The van der Waals surface area contributed by atoms with Crippen molar-refractivity contribution < 1.29 is 0 Å². The summed E-state index contributed by atoms with van der Waals surface area (Å²) in [4.78, 5) is 2.22. The van der Waals surface area contributed by atoms with Gasteiger partial charge in [0, 0.05) is 39.0 Å². The average molecular weight is 731 g/mol. The topological polar surface area (TPSA) is 8.17 Å². The molecule has 0 N–H and O–H groups in total. The summed E-state index contributed by atoms with van der Waals surface area (Å²) < 4.78 is 2.53. The molecule has 1 aliphatic carbocycles. The number of anilines is 1. The van der Waals surface area contributed by atoms with Crippen LogP contribution in [-0.4, -0.2) is 4.57 Å². The predicted molar refractivity (Wildman–Crippen MR) is 244 cm³/mol. The van der Waals surface area contributed by atoms with Crippen LogP contribution in [0.15, 0.2) is 219 Å².